The van der Waals surface area contributed by atoms with Gasteiger partial charge in [-0.3, -0.25) is 19.1 Å². The van der Waals surface area contributed by atoms with Crippen molar-refractivity contribution in [2.45, 2.75) is 100 Å². The van der Waals surface area contributed by atoms with E-state index in [0.29, 0.717) is 41.3 Å². The summed E-state index contributed by atoms with van der Waals surface area (Å²) in [4.78, 5) is 64.0. The number of amides is 4. The van der Waals surface area contributed by atoms with Crippen LogP contribution in [0.4, 0.5) is 23.7 Å². The van der Waals surface area contributed by atoms with Crippen molar-refractivity contribution in [2.24, 2.45) is 5.92 Å². The molecule has 2 saturated carbocycles. The van der Waals surface area contributed by atoms with Crippen molar-refractivity contribution in [3.05, 3.63) is 60.7 Å². The normalized spacial score (nSPS) is 25.0. The van der Waals surface area contributed by atoms with Crippen LogP contribution < -0.4 is 29.7 Å². The summed E-state index contributed by atoms with van der Waals surface area (Å²) < 4.78 is 88.8. The number of carbonyl (C=O) groups is 4. The minimum Gasteiger partial charge on any atom is -0.472 e. The maximum absolute atomic E-state index is 14.6. The fraction of sp³-hybridized carbons (Fsp3) is 0.512. The molecular weight excluding hydrogens is 850 g/mol. The Labute approximate surface area is 362 Å². The molecule has 7 rings (SSSR count). The lowest BCUT2D eigenvalue weighted by Gasteiger charge is -2.30. The number of sulfonamides is 1. The van der Waals surface area contributed by atoms with Crippen molar-refractivity contribution in [3.8, 4) is 22.9 Å². The summed E-state index contributed by atoms with van der Waals surface area (Å²) in [6.07, 6.45) is -1.87. The molecule has 340 valence electrons. The average molecular weight is 901 g/mol. The summed E-state index contributed by atoms with van der Waals surface area (Å²) >= 11 is 0. The lowest BCUT2D eigenvalue weighted by molar-refractivity contribution is -0.274. The Kier molecular flexibility index (Phi) is 12.6. The van der Waals surface area contributed by atoms with E-state index in [4.69, 9.17) is 19.2 Å². The van der Waals surface area contributed by atoms with E-state index in [2.05, 4.69) is 20.1 Å². The smallest absolute Gasteiger partial charge is 0.472 e. The van der Waals surface area contributed by atoms with E-state index in [1.54, 1.807) is 45.1 Å². The van der Waals surface area contributed by atoms with E-state index in [0.717, 1.165) is 5.69 Å². The van der Waals surface area contributed by atoms with Gasteiger partial charge in [0.1, 0.15) is 35.1 Å². The van der Waals surface area contributed by atoms with Crippen LogP contribution in [-0.4, -0.2) is 117 Å². The molecule has 3 aromatic rings. The molecule has 63 heavy (non-hydrogen) atoms. The zero-order valence-corrected chi connectivity index (χ0v) is 36.3. The number of alkyl halides is 3. The Hall–Kier alpha value is -5.63. The fourth-order valence-corrected chi connectivity index (χ4v) is 9.04. The van der Waals surface area contributed by atoms with Crippen LogP contribution in [0, 0.1) is 5.92 Å². The summed E-state index contributed by atoms with van der Waals surface area (Å²) in [5.74, 6) is -3.15. The first-order valence-corrected chi connectivity index (χ1v) is 22.2. The Morgan fingerprint density at radius 1 is 1.02 bits per heavy atom. The highest BCUT2D eigenvalue weighted by atomic mass is 32.2. The third-order valence-electron chi connectivity index (χ3n) is 11.1. The highest BCUT2D eigenvalue weighted by molar-refractivity contribution is 7.91. The number of pyridine rings is 1. The fourth-order valence-electron chi connectivity index (χ4n) is 7.68. The summed E-state index contributed by atoms with van der Waals surface area (Å²) in [6, 6.07) is 9.96. The van der Waals surface area contributed by atoms with Gasteiger partial charge in [-0.25, -0.2) is 18.2 Å². The number of fused-ring (bicyclic) bond motifs is 3. The molecule has 3 fully saturated rings. The third kappa shape index (κ3) is 10.9. The van der Waals surface area contributed by atoms with Crippen LogP contribution in [0.25, 0.3) is 22.0 Å². The van der Waals surface area contributed by atoms with Crippen LogP contribution in [-0.2, 0) is 33.9 Å². The number of benzene rings is 2. The van der Waals surface area contributed by atoms with Gasteiger partial charge in [0.15, 0.2) is 0 Å². The molecule has 16 nitrogen and oxygen atoms in total. The predicted molar refractivity (Wildman–Crippen MR) is 224 cm³/mol. The molecule has 1 saturated heterocycles. The van der Waals surface area contributed by atoms with E-state index in [1.807, 2.05) is 31.1 Å². The van der Waals surface area contributed by atoms with E-state index in [-0.39, 0.29) is 44.9 Å². The zero-order valence-electron chi connectivity index (χ0n) is 35.5. The average Bonchev–Trinajstić information content (AvgIpc) is 4.12. The van der Waals surface area contributed by atoms with Gasteiger partial charge in [0.25, 0.3) is 5.91 Å². The first-order valence-electron chi connectivity index (χ1n) is 20.7. The Morgan fingerprint density at radius 2 is 1.75 bits per heavy atom. The lowest BCUT2D eigenvalue weighted by Crippen LogP contribution is -2.58. The number of alkyl carbamates (subject to hydrolysis) is 1. The lowest BCUT2D eigenvalue weighted by atomic mass is 10.1. The Bertz CT molecular complexity index is 2390. The summed E-state index contributed by atoms with van der Waals surface area (Å²) in [7, 11) is -0.264. The van der Waals surface area contributed by atoms with Crippen molar-refractivity contribution in [2.75, 3.05) is 38.8 Å². The van der Waals surface area contributed by atoms with Gasteiger partial charge in [-0.15, -0.1) is 13.2 Å². The van der Waals surface area contributed by atoms with Gasteiger partial charge in [0.05, 0.1) is 24.1 Å². The third-order valence-corrected chi connectivity index (χ3v) is 12.9. The van der Waals surface area contributed by atoms with Crippen molar-refractivity contribution >= 4 is 50.3 Å². The highest BCUT2D eigenvalue weighted by Crippen LogP contribution is 2.46. The molecule has 3 N–H and O–H groups in total. The van der Waals surface area contributed by atoms with Crippen LogP contribution in [0.5, 0.6) is 11.6 Å². The summed E-state index contributed by atoms with van der Waals surface area (Å²) in [6.45, 7) is 5.12. The number of ether oxygens (including phenoxy) is 4. The molecule has 0 unspecified atom stereocenters. The second-order valence-corrected chi connectivity index (χ2v) is 19.4. The maximum atomic E-state index is 14.6. The van der Waals surface area contributed by atoms with Gasteiger partial charge in [0, 0.05) is 56.1 Å². The second-order valence-electron chi connectivity index (χ2n) is 17.4. The molecular formula is C43H51F3N6O10S. The number of hydrogen-bond acceptors (Lipinski definition) is 12. The molecule has 3 heterocycles. The molecule has 5 atom stereocenters. The number of aromatic nitrogens is 1. The molecule has 4 aliphatic rings. The topological polar surface area (TPSA) is 195 Å². The van der Waals surface area contributed by atoms with E-state index in [1.165, 1.54) is 29.2 Å². The van der Waals surface area contributed by atoms with Crippen LogP contribution in [0.1, 0.15) is 59.3 Å². The Morgan fingerprint density at radius 3 is 2.41 bits per heavy atom. The summed E-state index contributed by atoms with van der Waals surface area (Å²) in [5.41, 5.74) is -0.910. The molecule has 2 aliphatic heterocycles. The molecule has 0 spiro atoms. The van der Waals surface area contributed by atoms with Crippen molar-refractivity contribution < 1.29 is 59.7 Å². The van der Waals surface area contributed by atoms with Gasteiger partial charge in [-0.05, 0) is 100 Å². The van der Waals surface area contributed by atoms with Crippen molar-refractivity contribution in [3.63, 3.8) is 0 Å². The minimum atomic E-state index is -4.88. The van der Waals surface area contributed by atoms with E-state index >= 15 is 0 Å². The minimum absolute atomic E-state index is 0.0153. The maximum Gasteiger partial charge on any atom is 0.573 e. The second kappa shape index (κ2) is 17.5. The Balaban J connectivity index is 1.24. The number of carbonyl (C=O) groups excluding carboxylic acids is 4. The van der Waals surface area contributed by atoms with Crippen LogP contribution in [0.2, 0.25) is 0 Å². The number of anilines is 1. The molecule has 2 aliphatic carbocycles. The highest BCUT2D eigenvalue weighted by Gasteiger charge is 2.62. The van der Waals surface area contributed by atoms with Crippen LogP contribution in [0.15, 0.2) is 60.7 Å². The van der Waals surface area contributed by atoms with Gasteiger partial charge in [-0.2, -0.15) is 0 Å². The van der Waals surface area contributed by atoms with Gasteiger partial charge in [-0.1, -0.05) is 12.2 Å². The number of halogens is 3. The largest absolute Gasteiger partial charge is 0.573 e. The molecule has 2 aromatic carbocycles. The zero-order chi connectivity index (χ0) is 45.5. The quantitative estimate of drug-likeness (QED) is 0.245. The van der Waals surface area contributed by atoms with Crippen molar-refractivity contribution in [1.82, 2.24) is 25.2 Å². The van der Waals surface area contributed by atoms with E-state index < -0.39 is 86.4 Å². The number of nitrogens with zero attached hydrogens (tertiary/aromatic N) is 3. The van der Waals surface area contributed by atoms with Crippen molar-refractivity contribution in [1.29, 1.82) is 0 Å². The van der Waals surface area contributed by atoms with Gasteiger partial charge >= 0.3 is 12.5 Å². The molecule has 4 amide bonds. The van der Waals surface area contributed by atoms with E-state index in [9.17, 15) is 40.8 Å². The van der Waals surface area contributed by atoms with Gasteiger partial charge in [0.2, 0.25) is 27.7 Å². The molecule has 0 radical (unpaired) electrons. The van der Waals surface area contributed by atoms with Gasteiger partial charge < -0.3 is 39.4 Å². The number of nitrogens with one attached hydrogen (secondary N) is 3. The predicted octanol–water partition coefficient (Wildman–Crippen LogP) is 4.96. The molecule has 0 bridgehead atoms. The first kappa shape index (κ1) is 45.4. The standard InChI is InChI=1S/C43H51F3N6O10S/c1-41(2,3)62-40(56)48-33-17-19-59-18-7-6-8-27-23-42(27,39(55)50-63(57,58)31-14-15-31)49-36(53)35-22-30(24-52(35)38(33)54)60-37-32-16-11-28(51(4)5)20-26(32)21-34(47-37)25-9-12-29(13-10-25)61-43(44,45)46/h6,8-13,16,20-21,27,30-31,33,35H,7,14-15,17-19,22-24H2,1-5H3,(H,48,56)(H,49,53)(H,50,55)/b8-6-/t27-,30-,33+,35+,42-/m1/s1. The molecule has 20 heteroatoms. The van der Waals surface area contributed by atoms with Crippen LogP contribution in [0.3, 0.4) is 0 Å². The first-order chi connectivity index (χ1) is 29.6. The molecule has 1 aromatic heterocycles. The summed E-state index contributed by atoms with van der Waals surface area (Å²) in [5, 5.41) is 5.98. The van der Waals surface area contributed by atoms with Crippen LogP contribution >= 0.6 is 0 Å². The SMILES string of the molecule is CN(C)c1ccc2c(O[C@@H]3C[C@H]4C(=O)N[C@]5(C(=O)NS(=O)(=O)C6CC6)C[C@H]5/C=C\CCOCC[C@H](NC(=O)OC(C)(C)C)C(=O)N4C3)nc(-c3ccc(OC(F)(F)F)cc3)cc2c1. The number of rotatable bonds is 9. The monoisotopic (exact) mass is 900 g/mol. The number of hydrogen-bond donors (Lipinski definition) is 3.